The predicted octanol–water partition coefficient (Wildman–Crippen LogP) is 5.94. The molecular weight excluding hydrogens is 412 g/mol. The summed E-state index contributed by atoms with van der Waals surface area (Å²) < 4.78 is 12.7. The van der Waals surface area contributed by atoms with Crippen molar-refractivity contribution in [2.45, 2.75) is 31.2 Å². The third-order valence-electron chi connectivity index (χ3n) is 5.89. The van der Waals surface area contributed by atoms with Crippen molar-refractivity contribution in [3.05, 3.63) is 120 Å². The van der Waals surface area contributed by atoms with Crippen LogP contribution in [0, 0.1) is 0 Å². The van der Waals surface area contributed by atoms with Crippen molar-refractivity contribution < 1.29 is 14.0 Å². The van der Waals surface area contributed by atoms with Crippen molar-refractivity contribution in [1.82, 2.24) is 0 Å². The Balaban J connectivity index is 2.26. The van der Waals surface area contributed by atoms with Gasteiger partial charge in [0.1, 0.15) is 0 Å². The van der Waals surface area contributed by atoms with E-state index in [0.29, 0.717) is 0 Å². The molecule has 0 saturated heterocycles. The topological polar surface area (TPSA) is 35.5 Å². The van der Waals surface area contributed by atoms with Crippen LogP contribution >= 0.6 is 0 Å². The number of hydrogen-bond donors (Lipinski definition) is 0. The first kappa shape index (κ1) is 23.9. The van der Waals surface area contributed by atoms with Crippen LogP contribution in [0.4, 0.5) is 0 Å². The lowest BCUT2D eigenvalue weighted by Gasteiger charge is -2.47. The highest BCUT2D eigenvalue weighted by Crippen LogP contribution is 2.46. The maximum absolute atomic E-state index is 12.2. The Morgan fingerprint density at radius 3 is 1.59 bits per heavy atom. The Kier molecular flexibility index (Phi) is 7.97. The smallest absolute Gasteiger partial charge is 0.217 e. The summed E-state index contributed by atoms with van der Waals surface area (Å²) in [5.41, 5.74) is 2.51. The normalized spacial score (nSPS) is 13.2. The molecule has 0 saturated carbocycles. The average Bonchev–Trinajstić information content (AvgIpc) is 2.83. The molecule has 0 aliphatic carbocycles. The molecule has 3 aromatic rings. The lowest BCUT2D eigenvalue weighted by Crippen LogP contribution is -2.59. The fraction of sp³-hybridized carbons (Fsp3) is 0.250. The summed E-state index contributed by atoms with van der Waals surface area (Å²) in [6, 6.07) is 31.4. The van der Waals surface area contributed by atoms with E-state index in [1.54, 1.807) is 19.3 Å². The number of carbonyl (C=O) groups is 1. The summed E-state index contributed by atoms with van der Waals surface area (Å²) in [6.07, 6.45) is 3.31. The van der Waals surface area contributed by atoms with E-state index in [-0.39, 0.29) is 18.1 Å². The van der Waals surface area contributed by atoms with Crippen LogP contribution in [0.1, 0.15) is 23.6 Å². The highest BCUT2D eigenvalue weighted by atomic mass is 28.4. The van der Waals surface area contributed by atoms with Gasteiger partial charge in [-0.1, -0.05) is 97.1 Å². The van der Waals surface area contributed by atoms with Crippen LogP contribution in [0.15, 0.2) is 103 Å². The molecule has 0 spiro atoms. The summed E-state index contributed by atoms with van der Waals surface area (Å²) in [5, 5.41) is 0. The van der Waals surface area contributed by atoms with Gasteiger partial charge < -0.3 is 9.16 Å². The average molecular weight is 445 g/mol. The van der Waals surface area contributed by atoms with E-state index in [0.717, 1.165) is 16.7 Å². The zero-order valence-corrected chi connectivity index (χ0v) is 20.3. The Labute approximate surface area is 192 Å². The Hall–Kier alpha value is -2.79. The summed E-state index contributed by atoms with van der Waals surface area (Å²) >= 11 is 0. The summed E-state index contributed by atoms with van der Waals surface area (Å²) in [4.78, 5) is 12.2. The minimum Gasteiger partial charge on any atom is -0.407 e. The number of benzene rings is 3. The maximum atomic E-state index is 12.2. The second-order valence-electron chi connectivity index (χ2n) is 8.38. The van der Waals surface area contributed by atoms with Crippen LogP contribution in [-0.2, 0) is 19.4 Å². The number of carbonyl (C=O) groups excluding carboxylic acids is 1. The molecule has 166 valence electrons. The molecule has 0 aliphatic rings. The molecule has 0 amide bonds. The quantitative estimate of drug-likeness (QED) is 0.220. The van der Waals surface area contributed by atoms with Gasteiger partial charge in [-0.2, -0.15) is 0 Å². The van der Waals surface area contributed by atoms with E-state index in [2.05, 4.69) is 85.9 Å². The standard InChI is InChI=1S/C28H32O3Si/c1-5-15-26(29)22-31-32(3,4)27(30-2)28(23-16-9-6-10-17-23,24-18-11-7-12-19-24)25-20-13-8-14-21-25/h5-21,27H,22H2,1-4H3/b15-5+/t27-/m1/s1. The van der Waals surface area contributed by atoms with Gasteiger partial charge in [-0.05, 0) is 42.8 Å². The van der Waals surface area contributed by atoms with Crippen molar-refractivity contribution >= 4 is 14.1 Å². The third-order valence-corrected chi connectivity index (χ3v) is 8.71. The van der Waals surface area contributed by atoms with Crippen LogP contribution in [0.25, 0.3) is 0 Å². The highest BCUT2D eigenvalue weighted by Gasteiger charge is 2.53. The molecular formula is C28H32O3Si. The molecule has 0 heterocycles. The fourth-order valence-electron chi connectivity index (χ4n) is 4.61. The minimum absolute atomic E-state index is 0.0346. The number of rotatable bonds is 10. The number of allylic oxidation sites excluding steroid dienone is 1. The molecule has 0 bridgehead atoms. The molecule has 3 nitrogen and oxygen atoms in total. The second kappa shape index (κ2) is 10.7. The number of ketones is 1. The molecule has 0 aliphatic heterocycles. The molecule has 1 atom stereocenters. The maximum Gasteiger partial charge on any atom is 0.217 e. The van der Waals surface area contributed by atoms with Gasteiger partial charge in [0.2, 0.25) is 8.32 Å². The Bertz CT molecular complexity index is 918. The van der Waals surface area contributed by atoms with Gasteiger partial charge in [-0.3, -0.25) is 4.79 Å². The Morgan fingerprint density at radius 1 is 0.844 bits per heavy atom. The lowest BCUT2D eigenvalue weighted by atomic mass is 9.69. The number of methoxy groups -OCH3 is 1. The first-order valence-electron chi connectivity index (χ1n) is 11.0. The number of ether oxygens (including phenoxy) is 1. The predicted molar refractivity (Wildman–Crippen MR) is 133 cm³/mol. The molecule has 0 radical (unpaired) electrons. The van der Waals surface area contributed by atoms with Crippen molar-refractivity contribution in [2.75, 3.05) is 13.7 Å². The van der Waals surface area contributed by atoms with Gasteiger partial charge in [0.25, 0.3) is 0 Å². The van der Waals surface area contributed by atoms with Crippen molar-refractivity contribution in [3.8, 4) is 0 Å². The first-order chi connectivity index (χ1) is 15.5. The van der Waals surface area contributed by atoms with E-state index in [4.69, 9.17) is 9.16 Å². The molecule has 4 heteroatoms. The van der Waals surface area contributed by atoms with Crippen molar-refractivity contribution in [3.63, 3.8) is 0 Å². The van der Waals surface area contributed by atoms with E-state index in [1.165, 1.54) is 0 Å². The lowest BCUT2D eigenvalue weighted by molar-refractivity contribution is -0.116. The molecule has 0 aromatic heterocycles. The van der Waals surface area contributed by atoms with Gasteiger partial charge in [-0.15, -0.1) is 0 Å². The van der Waals surface area contributed by atoms with Crippen LogP contribution in [0.3, 0.4) is 0 Å². The van der Waals surface area contributed by atoms with E-state index in [9.17, 15) is 4.79 Å². The SMILES string of the molecule is C/C=C/C(=O)CO[Si](C)(C)[C@@H](OC)C(c1ccccc1)(c1ccccc1)c1ccccc1. The van der Waals surface area contributed by atoms with E-state index in [1.807, 2.05) is 25.1 Å². The van der Waals surface area contributed by atoms with Crippen LogP contribution < -0.4 is 0 Å². The van der Waals surface area contributed by atoms with E-state index < -0.39 is 13.7 Å². The molecule has 0 unspecified atom stereocenters. The third kappa shape index (κ3) is 4.83. The largest absolute Gasteiger partial charge is 0.407 e. The molecule has 32 heavy (non-hydrogen) atoms. The molecule has 3 aromatic carbocycles. The Morgan fingerprint density at radius 2 is 1.25 bits per heavy atom. The zero-order valence-electron chi connectivity index (χ0n) is 19.3. The summed E-state index contributed by atoms with van der Waals surface area (Å²) in [5.74, 6) is -0.0346. The minimum atomic E-state index is -2.59. The van der Waals surface area contributed by atoms with Crippen LogP contribution in [0.5, 0.6) is 0 Å². The summed E-state index contributed by atoms with van der Waals surface area (Å²) in [6.45, 7) is 6.16. The van der Waals surface area contributed by atoms with Crippen molar-refractivity contribution in [2.24, 2.45) is 0 Å². The van der Waals surface area contributed by atoms with Gasteiger partial charge in [-0.25, -0.2) is 0 Å². The monoisotopic (exact) mass is 444 g/mol. The fourth-order valence-corrected chi connectivity index (χ4v) is 7.38. The second-order valence-corrected chi connectivity index (χ2v) is 12.4. The molecule has 3 rings (SSSR count). The zero-order chi connectivity index (χ0) is 23.0. The van der Waals surface area contributed by atoms with Crippen LogP contribution in [0.2, 0.25) is 13.1 Å². The van der Waals surface area contributed by atoms with Gasteiger partial charge in [0.05, 0.1) is 17.7 Å². The van der Waals surface area contributed by atoms with E-state index >= 15 is 0 Å². The van der Waals surface area contributed by atoms with Crippen molar-refractivity contribution in [1.29, 1.82) is 0 Å². The van der Waals surface area contributed by atoms with Crippen LogP contribution in [-0.4, -0.2) is 33.5 Å². The molecule has 0 fully saturated rings. The van der Waals surface area contributed by atoms with Gasteiger partial charge >= 0.3 is 0 Å². The number of hydrogen-bond acceptors (Lipinski definition) is 3. The molecule has 0 N–H and O–H groups in total. The van der Waals surface area contributed by atoms with Gasteiger partial charge in [0, 0.05) is 7.11 Å². The highest BCUT2D eigenvalue weighted by molar-refractivity contribution is 6.73. The first-order valence-corrected chi connectivity index (χ1v) is 13.9. The summed E-state index contributed by atoms with van der Waals surface area (Å²) in [7, 11) is -0.835. The van der Waals surface area contributed by atoms with Gasteiger partial charge in [0.15, 0.2) is 5.78 Å².